The normalized spacial score (nSPS) is 13.8. The number of rotatable bonds is 7. The summed E-state index contributed by atoms with van der Waals surface area (Å²) < 4.78 is 11.4. The van der Waals surface area contributed by atoms with Crippen LogP contribution in [0.25, 0.3) is 11.3 Å². The number of carbonyl (C=O) groups is 1. The number of hydrogen-bond acceptors (Lipinski definition) is 6. The first-order chi connectivity index (χ1) is 16.5. The van der Waals surface area contributed by atoms with Crippen molar-refractivity contribution >= 4 is 11.7 Å². The number of amides is 1. The summed E-state index contributed by atoms with van der Waals surface area (Å²) in [6.45, 7) is 9.01. The first-order valence-electron chi connectivity index (χ1n) is 11.7. The Bertz CT molecular complexity index is 1120. The average molecular weight is 461 g/mol. The predicted molar refractivity (Wildman–Crippen MR) is 134 cm³/mol. The van der Waals surface area contributed by atoms with Crippen LogP contribution in [0.3, 0.4) is 0 Å². The summed E-state index contributed by atoms with van der Waals surface area (Å²) in [4.78, 5) is 16.8. The Morgan fingerprint density at radius 2 is 1.74 bits per heavy atom. The molecule has 0 N–H and O–H groups in total. The molecule has 7 heteroatoms. The number of ether oxygens (including phenoxy) is 2. The molecule has 0 atom stereocenters. The van der Waals surface area contributed by atoms with Crippen molar-refractivity contribution in [2.24, 2.45) is 0 Å². The molecular formula is C27H32N4O3. The van der Waals surface area contributed by atoms with Crippen molar-refractivity contribution in [1.29, 1.82) is 0 Å². The number of piperazine rings is 1. The highest BCUT2D eigenvalue weighted by atomic mass is 16.5. The molecule has 3 aromatic rings. The highest BCUT2D eigenvalue weighted by Gasteiger charge is 2.23. The van der Waals surface area contributed by atoms with E-state index in [-0.39, 0.29) is 12.5 Å². The standard InChI is InChI=1S/C27H32N4O3/c1-19(2)21-10-9-20(3)17-25(21)34-18-27(32)31-15-13-30(14-16-31)26-12-11-23(28-29-26)22-7-5-6-8-24(22)33-4/h5-12,17,19H,13-16,18H2,1-4H3. The van der Waals surface area contributed by atoms with E-state index in [0.717, 1.165) is 39.7 Å². The second kappa shape index (κ2) is 10.5. The highest BCUT2D eigenvalue weighted by molar-refractivity contribution is 5.78. The van der Waals surface area contributed by atoms with Crippen molar-refractivity contribution in [3.63, 3.8) is 0 Å². The van der Waals surface area contributed by atoms with Gasteiger partial charge in [-0.25, -0.2) is 0 Å². The maximum atomic E-state index is 12.8. The topological polar surface area (TPSA) is 67.8 Å². The summed E-state index contributed by atoms with van der Waals surface area (Å²) in [6.07, 6.45) is 0. The Hall–Kier alpha value is -3.61. The van der Waals surface area contributed by atoms with Gasteiger partial charge in [-0.15, -0.1) is 10.2 Å². The molecule has 1 amide bonds. The molecular weight excluding hydrogens is 428 g/mol. The summed E-state index contributed by atoms with van der Waals surface area (Å²) in [6, 6.07) is 17.9. The number of hydrogen-bond donors (Lipinski definition) is 0. The zero-order chi connectivity index (χ0) is 24.1. The van der Waals surface area contributed by atoms with Gasteiger partial charge in [0.15, 0.2) is 12.4 Å². The lowest BCUT2D eigenvalue weighted by Gasteiger charge is -2.35. The van der Waals surface area contributed by atoms with Crippen molar-refractivity contribution in [2.75, 3.05) is 44.8 Å². The number of aryl methyl sites for hydroxylation is 1. The molecule has 2 heterocycles. The van der Waals surface area contributed by atoms with Crippen molar-refractivity contribution in [3.05, 3.63) is 65.7 Å². The van der Waals surface area contributed by atoms with Gasteiger partial charge < -0.3 is 19.3 Å². The summed E-state index contributed by atoms with van der Waals surface area (Å²) in [7, 11) is 1.65. The van der Waals surface area contributed by atoms with Crippen LogP contribution >= 0.6 is 0 Å². The number of para-hydroxylation sites is 1. The van der Waals surface area contributed by atoms with E-state index >= 15 is 0 Å². The number of carbonyl (C=O) groups excluding carboxylic acids is 1. The number of nitrogens with zero attached hydrogens (tertiary/aromatic N) is 4. The molecule has 178 valence electrons. The second-order valence-electron chi connectivity index (χ2n) is 8.83. The highest BCUT2D eigenvalue weighted by Crippen LogP contribution is 2.29. The quantitative estimate of drug-likeness (QED) is 0.523. The van der Waals surface area contributed by atoms with E-state index in [9.17, 15) is 4.79 Å². The largest absolute Gasteiger partial charge is 0.496 e. The van der Waals surface area contributed by atoms with Crippen LogP contribution in [-0.4, -0.2) is 60.9 Å². The second-order valence-corrected chi connectivity index (χ2v) is 8.83. The minimum atomic E-state index is 0.00784. The third-order valence-corrected chi connectivity index (χ3v) is 6.13. The van der Waals surface area contributed by atoms with Gasteiger partial charge in [-0.3, -0.25) is 4.79 Å². The van der Waals surface area contributed by atoms with Gasteiger partial charge in [0, 0.05) is 31.7 Å². The van der Waals surface area contributed by atoms with Crippen LogP contribution in [-0.2, 0) is 4.79 Å². The first-order valence-corrected chi connectivity index (χ1v) is 11.7. The van der Waals surface area contributed by atoms with Gasteiger partial charge in [0.2, 0.25) is 0 Å². The van der Waals surface area contributed by atoms with Crippen molar-refractivity contribution in [3.8, 4) is 22.8 Å². The fourth-order valence-electron chi connectivity index (χ4n) is 4.15. The van der Waals surface area contributed by atoms with Crippen molar-refractivity contribution in [2.45, 2.75) is 26.7 Å². The van der Waals surface area contributed by atoms with Crippen LogP contribution in [0, 0.1) is 6.92 Å². The SMILES string of the molecule is COc1ccccc1-c1ccc(N2CCN(C(=O)COc3cc(C)ccc3C(C)C)CC2)nn1. The average Bonchev–Trinajstić information content (AvgIpc) is 2.87. The lowest BCUT2D eigenvalue weighted by atomic mass is 10.0. The molecule has 0 bridgehead atoms. The lowest BCUT2D eigenvalue weighted by Crippen LogP contribution is -2.50. The summed E-state index contributed by atoms with van der Waals surface area (Å²) in [5.74, 6) is 2.72. The van der Waals surface area contributed by atoms with Crippen molar-refractivity contribution < 1.29 is 14.3 Å². The van der Waals surface area contributed by atoms with Gasteiger partial charge in [0.05, 0.1) is 12.8 Å². The molecule has 7 nitrogen and oxygen atoms in total. The first kappa shape index (κ1) is 23.5. The fourth-order valence-corrected chi connectivity index (χ4v) is 4.15. The molecule has 0 radical (unpaired) electrons. The minimum absolute atomic E-state index is 0.00784. The molecule has 34 heavy (non-hydrogen) atoms. The van der Waals surface area contributed by atoms with Gasteiger partial charge in [-0.1, -0.05) is 38.1 Å². The van der Waals surface area contributed by atoms with E-state index in [1.165, 1.54) is 0 Å². The number of methoxy groups -OCH3 is 1. The zero-order valence-electron chi connectivity index (χ0n) is 20.3. The molecule has 1 saturated heterocycles. The monoisotopic (exact) mass is 460 g/mol. The summed E-state index contributed by atoms with van der Waals surface area (Å²) in [5, 5.41) is 8.83. The number of aromatic nitrogens is 2. The maximum absolute atomic E-state index is 12.8. The molecule has 2 aromatic carbocycles. The predicted octanol–water partition coefficient (Wildman–Crippen LogP) is 4.31. The van der Waals surface area contributed by atoms with Gasteiger partial charge in [-0.05, 0) is 54.3 Å². The molecule has 0 saturated carbocycles. The van der Waals surface area contributed by atoms with Crippen LogP contribution in [0.15, 0.2) is 54.6 Å². The molecule has 1 fully saturated rings. The Morgan fingerprint density at radius 1 is 0.971 bits per heavy atom. The Kier molecular flexibility index (Phi) is 7.30. The number of benzene rings is 2. The van der Waals surface area contributed by atoms with E-state index in [1.54, 1.807) is 7.11 Å². The van der Waals surface area contributed by atoms with E-state index in [1.807, 2.05) is 54.3 Å². The third-order valence-electron chi connectivity index (χ3n) is 6.13. The molecule has 1 aliphatic heterocycles. The van der Waals surface area contributed by atoms with E-state index in [2.05, 4.69) is 41.1 Å². The van der Waals surface area contributed by atoms with Crippen LogP contribution in [0.5, 0.6) is 11.5 Å². The lowest BCUT2D eigenvalue weighted by molar-refractivity contribution is -0.133. The van der Waals surface area contributed by atoms with E-state index in [0.29, 0.717) is 32.1 Å². The minimum Gasteiger partial charge on any atom is -0.496 e. The smallest absolute Gasteiger partial charge is 0.260 e. The van der Waals surface area contributed by atoms with E-state index in [4.69, 9.17) is 9.47 Å². The van der Waals surface area contributed by atoms with Crippen LogP contribution in [0.1, 0.15) is 30.9 Å². The molecule has 0 aliphatic carbocycles. The van der Waals surface area contributed by atoms with Gasteiger partial charge in [0.25, 0.3) is 5.91 Å². The van der Waals surface area contributed by atoms with Crippen LogP contribution in [0.2, 0.25) is 0 Å². The Labute approximate surface area is 201 Å². The van der Waals surface area contributed by atoms with Crippen LogP contribution in [0.4, 0.5) is 5.82 Å². The Balaban J connectivity index is 1.33. The molecule has 1 aliphatic rings. The summed E-state index contributed by atoms with van der Waals surface area (Å²) in [5.41, 5.74) is 3.93. The molecule has 4 rings (SSSR count). The third kappa shape index (κ3) is 5.30. The van der Waals surface area contributed by atoms with Gasteiger partial charge in [0.1, 0.15) is 11.5 Å². The van der Waals surface area contributed by atoms with Crippen molar-refractivity contribution in [1.82, 2.24) is 15.1 Å². The fraction of sp³-hybridized carbons (Fsp3) is 0.370. The molecule has 1 aromatic heterocycles. The number of anilines is 1. The molecule has 0 unspecified atom stereocenters. The molecule has 0 spiro atoms. The summed E-state index contributed by atoms with van der Waals surface area (Å²) >= 11 is 0. The van der Waals surface area contributed by atoms with Gasteiger partial charge in [-0.2, -0.15) is 0 Å². The maximum Gasteiger partial charge on any atom is 0.260 e. The Morgan fingerprint density at radius 3 is 2.41 bits per heavy atom. The van der Waals surface area contributed by atoms with E-state index < -0.39 is 0 Å². The van der Waals surface area contributed by atoms with Crippen LogP contribution < -0.4 is 14.4 Å². The van der Waals surface area contributed by atoms with Gasteiger partial charge >= 0.3 is 0 Å². The zero-order valence-corrected chi connectivity index (χ0v) is 20.3.